The molecule has 0 unspecified atom stereocenters. The van der Waals surface area contributed by atoms with Crippen LogP contribution in [0.2, 0.25) is 0 Å². The summed E-state index contributed by atoms with van der Waals surface area (Å²) in [6, 6.07) is 9.99. The maximum atomic E-state index is 13.2. The topological polar surface area (TPSA) is 38.3 Å². The number of hydrogen-bond donors (Lipinski definition) is 1. The van der Waals surface area contributed by atoms with E-state index in [1.54, 1.807) is 24.3 Å². The summed E-state index contributed by atoms with van der Waals surface area (Å²) >= 11 is 0. The van der Waals surface area contributed by atoms with E-state index in [9.17, 15) is 13.6 Å². The zero-order valence-corrected chi connectivity index (χ0v) is 13.6. The fourth-order valence-electron chi connectivity index (χ4n) is 2.19. The third kappa shape index (κ3) is 5.33. The number of unbranched alkanes of at least 4 members (excludes halogenated alkanes) is 3. The van der Waals surface area contributed by atoms with E-state index >= 15 is 0 Å². The molecule has 0 saturated carbocycles. The van der Waals surface area contributed by atoms with Crippen molar-refractivity contribution in [1.82, 2.24) is 0 Å². The van der Waals surface area contributed by atoms with Crippen LogP contribution in [-0.4, -0.2) is 12.5 Å². The summed E-state index contributed by atoms with van der Waals surface area (Å²) in [6.45, 7) is 2.83. The molecule has 0 spiro atoms. The van der Waals surface area contributed by atoms with Crippen LogP contribution in [-0.2, 0) is 0 Å². The Morgan fingerprint density at radius 1 is 1.00 bits per heavy atom. The van der Waals surface area contributed by atoms with Crippen LogP contribution >= 0.6 is 0 Å². The van der Waals surface area contributed by atoms with Gasteiger partial charge in [-0.3, -0.25) is 4.79 Å². The summed E-state index contributed by atoms with van der Waals surface area (Å²) in [6.07, 6.45) is 4.56. The van der Waals surface area contributed by atoms with Crippen molar-refractivity contribution in [2.75, 3.05) is 11.9 Å². The van der Waals surface area contributed by atoms with Gasteiger partial charge in [0.25, 0.3) is 5.91 Å². The first-order valence-electron chi connectivity index (χ1n) is 8.09. The highest BCUT2D eigenvalue weighted by Crippen LogP contribution is 2.17. The average Bonchev–Trinajstić information content (AvgIpc) is 2.58. The van der Waals surface area contributed by atoms with Crippen LogP contribution < -0.4 is 10.1 Å². The van der Waals surface area contributed by atoms with Gasteiger partial charge in [-0.15, -0.1) is 0 Å². The Bertz CT molecular complexity index is 672. The van der Waals surface area contributed by atoms with Gasteiger partial charge in [-0.25, -0.2) is 8.78 Å². The standard InChI is InChI=1S/C19H21F2NO2/c1-2-3-4-5-12-24-16-9-7-15(8-10-16)22-19(23)14-6-11-17(20)18(21)13-14/h6-11,13H,2-5,12H2,1H3,(H,22,23). The predicted molar refractivity (Wildman–Crippen MR) is 90.4 cm³/mol. The van der Waals surface area contributed by atoms with Gasteiger partial charge in [-0.1, -0.05) is 26.2 Å². The fourth-order valence-corrected chi connectivity index (χ4v) is 2.19. The molecule has 0 aliphatic heterocycles. The second-order valence-corrected chi connectivity index (χ2v) is 5.52. The molecule has 0 saturated heterocycles. The molecule has 0 aliphatic rings. The van der Waals surface area contributed by atoms with Crippen LogP contribution in [0.5, 0.6) is 5.75 Å². The molecule has 5 heteroatoms. The lowest BCUT2D eigenvalue weighted by molar-refractivity contribution is 0.102. The summed E-state index contributed by atoms with van der Waals surface area (Å²) in [5.41, 5.74) is 0.619. The smallest absolute Gasteiger partial charge is 0.255 e. The molecule has 0 atom stereocenters. The summed E-state index contributed by atoms with van der Waals surface area (Å²) in [5.74, 6) is -1.79. The first-order chi connectivity index (χ1) is 11.6. The molecule has 24 heavy (non-hydrogen) atoms. The van der Waals surface area contributed by atoms with E-state index in [0.29, 0.717) is 12.3 Å². The van der Waals surface area contributed by atoms with Crippen molar-refractivity contribution in [2.24, 2.45) is 0 Å². The SMILES string of the molecule is CCCCCCOc1ccc(NC(=O)c2ccc(F)c(F)c2)cc1. The largest absolute Gasteiger partial charge is 0.494 e. The second kappa shape index (κ2) is 9.01. The van der Waals surface area contributed by atoms with E-state index in [1.807, 2.05) is 0 Å². The normalized spacial score (nSPS) is 10.5. The highest BCUT2D eigenvalue weighted by Gasteiger charge is 2.10. The van der Waals surface area contributed by atoms with Crippen molar-refractivity contribution in [1.29, 1.82) is 0 Å². The number of rotatable bonds is 8. The van der Waals surface area contributed by atoms with Crippen molar-refractivity contribution in [3.8, 4) is 5.75 Å². The Morgan fingerprint density at radius 2 is 1.75 bits per heavy atom. The number of hydrogen-bond acceptors (Lipinski definition) is 2. The van der Waals surface area contributed by atoms with E-state index in [0.717, 1.165) is 30.7 Å². The van der Waals surface area contributed by atoms with Crippen molar-refractivity contribution >= 4 is 11.6 Å². The van der Waals surface area contributed by atoms with Crippen LogP contribution in [0.1, 0.15) is 43.0 Å². The number of anilines is 1. The van der Waals surface area contributed by atoms with E-state index in [-0.39, 0.29) is 5.56 Å². The van der Waals surface area contributed by atoms with Gasteiger partial charge in [0.2, 0.25) is 0 Å². The van der Waals surface area contributed by atoms with Gasteiger partial charge in [0.1, 0.15) is 5.75 Å². The molecular weight excluding hydrogens is 312 g/mol. The van der Waals surface area contributed by atoms with Gasteiger partial charge in [0, 0.05) is 11.3 Å². The molecular formula is C19H21F2NO2. The first kappa shape index (κ1) is 17.9. The fraction of sp³-hybridized carbons (Fsp3) is 0.316. The third-order valence-electron chi connectivity index (χ3n) is 3.56. The minimum absolute atomic E-state index is 0.0603. The quantitative estimate of drug-likeness (QED) is 0.676. The number of ether oxygens (including phenoxy) is 1. The molecule has 128 valence electrons. The summed E-state index contributed by atoms with van der Waals surface area (Å²) < 4.78 is 31.7. The Kier molecular flexibility index (Phi) is 6.73. The summed E-state index contributed by atoms with van der Waals surface area (Å²) in [5, 5.41) is 2.63. The van der Waals surface area contributed by atoms with Crippen LogP contribution in [0.15, 0.2) is 42.5 Å². The Labute approximate surface area is 140 Å². The van der Waals surface area contributed by atoms with E-state index in [1.165, 1.54) is 18.9 Å². The van der Waals surface area contributed by atoms with E-state index in [2.05, 4.69) is 12.2 Å². The van der Waals surface area contributed by atoms with Gasteiger partial charge in [0.15, 0.2) is 11.6 Å². The lowest BCUT2D eigenvalue weighted by Gasteiger charge is -2.08. The van der Waals surface area contributed by atoms with Crippen molar-refractivity contribution in [3.63, 3.8) is 0 Å². The highest BCUT2D eigenvalue weighted by atomic mass is 19.2. The van der Waals surface area contributed by atoms with Gasteiger partial charge in [0.05, 0.1) is 6.61 Å². The zero-order chi connectivity index (χ0) is 17.4. The van der Waals surface area contributed by atoms with Crippen molar-refractivity contribution < 1.29 is 18.3 Å². The zero-order valence-electron chi connectivity index (χ0n) is 13.6. The predicted octanol–water partition coefficient (Wildman–Crippen LogP) is 5.18. The summed E-state index contributed by atoms with van der Waals surface area (Å²) in [4.78, 5) is 12.0. The maximum absolute atomic E-state index is 13.2. The molecule has 0 bridgehead atoms. The second-order valence-electron chi connectivity index (χ2n) is 5.52. The first-order valence-corrected chi connectivity index (χ1v) is 8.09. The molecule has 2 aromatic rings. The maximum Gasteiger partial charge on any atom is 0.255 e. The molecule has 2 rings (SSSR count). The van der Waals surface area contributed by atoms with Crippen LogP contribution in [0.3, 0.4) is 0 Å². The molecule has 0 fully saturated rings. The molecule has 0 aliphatic carbocycles. The number of carbonyl (C=O) groups excluding carboxylic acids is 1. The number of carbonyl (C=O) groups is 1. The molecule has 2 aromatic carbocycles. The Hall–Kier alpha value is -2.43. The lowest BCUT2D eigenvalue weighted by atomic mass is 10.2. The van der Waals surface area contributed by atoms with Crippen LogP contribution in [0, 0.1) is 11.6 Å². The molecule has 0 heterocycles. The molecule has 3 nitrogen and oxygen atoms in total. The monoisotopic (exact) mass is 333 g/mol. The van der Waals surface area contributed by atoms with E-state index < -0.39 is 17.5 Å². The summed E-state index contributed by atoms with van der Waals surface area (Å²) in [7, 11) is 0. The Morgan fingerprint density at radius 3 is 2.42 bits per heavy atom. The van der Waals surface area contributed by atoms with Gasteiger partial charge < -0.3 is 10.1 Å². The molecule has 0 radical (unpaired) electrons. The van der Waals surface area contributed by atoms with Gasteiger partial charge in [-0.2, -0.15) is 0 Å². The minimum atomic E-state index is -1.05. The molecule has 1 amide bonds. The molecule has 0 aromatic heterocycles. The number of amides is 1. The van der Waals surface area contributed by atoms with Gasteiger partial charge >= 0.3 is 0 Å². The van der Waals surface area contributed by atoms with Crippen LogP contribution in [0.25, 0.3) is 0 Å². The number of halogens is 2. The van der Waals surface area contributed by atoms with Crippen LogP contribution in [0.4, 0.5) is 14.5 Å². The van der Waals surface area contributed by atoms with E-state index in [4.69, 9.17) is 4.74 Å². The minimum Gasteiger partial charge on any atom is -0.494 e. The Balaban J connectivity index is 1.86. The highest BCUT2D eigenvalue weighted by molar-refractivity contribution is 6.04. The lowest BCUT2D eigenvalue weighted by Crippen LogP contribution is -2.12. The average molecular weight is 333 g/mol. The number of benzene rings is 2. The van der Waals surface area contributed by atoms with Crippen molar-refractivity contribution in [2.45, 2.75) is 32.6 Å². The third-order valence-corrected chi connectivity index (χ3v) is 3.56. The van der Waals surface area contributed by atoms with Crippen molar-refractivity contribution in [3.05, 3.63) is 59.7 Å². The number of nitrogens with one attached hydrogen (secondary N) is 1. The van der Waals surface area contributed by atoms with Gasteiger partial charge in [-0.05, 0) is 48.9 Å². The molecule has 1 N–H and O–H groups in total.